The number of amides is 1. The molecule has 1 N–H and O–H groups in total. The molecular weight excluding hydrogens is 405 g/mol. The topological polar surface area (TPSA) is 101 Å². The van der Waals surface area contributed by atoms with Crippen LogP contribution in [0.5, 0.6) is 0 Å². The molecule has 0 saturated heterocycles. The van der Waals surface area contributed by atoms with Gasteiger partial charge in [0.25, 0.3) is 5.91 Å². The van der Waals surface area contributed by atoms with Gasteiger partial charge in [-0.3, -0.25) is 14.3 Å². The summed E-state index contributed by atoms with van der Waals surface area (Å²) in [5, 5.41) is 18.1. The second kappa shape index (κ2) is 9.13. The number of benzene rings is 1. The Morgan fingerprint density at radius 2 is 2.17 bits per heavy atom. The van der Waals surface area contributed by atoms with Crippen LogP contribution in [0.2, 0.25) is 0 Å². The molecule has 0 saturated carbocycles. The number of thiazole rings is 1. The highest BCUT2D eigenvalue weighted by Crippen LogP contribution is 2.23. The lowest BCUT2D eigenvalue weighted by Crippen LogP contribution is -2.32. The smallest absolute Gasteiger partial charge is 0.275 e. The van der Waals surface area contributed by atoms with Crippen LogP contribution in [-0.4, -0.2) is 27.2 Å². The normalized spacial score (nSPS) is 11.1. The molecule has 1 amide bonds. The summed E-state index contributed by atoms with van der Waals surface area (Å²) in [5.74, 6) is -0.901. The van der Waals surface area contributed by atoms with Gasteiger partial charge in [-0.05, 0) is 30.5 Å². The number of hydrogen-bond donors (Lipinski definition) is 1. The summed E-state index contributed by atoms with van der Waals surface area (Å²) in [5.41, 5.74) is 0.909. The molecule has 30 heavy (non-hydrogen) atoms. The number of aromatic nitrogens is 3. The van der Waals surface area contributed by atoms with Crippen LogP contribution in [0.3, 0.4) is 0 Å². The molecule has 2 heterocycles. The number of nitriles is 1. The lowest BCUT2D eigenvalue weighted by Gasteiger charge is -2.12. The molecule has 3 rings (SSSR count). The van der Waals surface area contributed by atoms with Crippen molar-refractivity contribution < 1.29 is 9.18 Å². The van der Waals surface area contributed by atoms with Crippen LogP contribution in [0.1, 0.15) is 59.9 Å². The highest BCUT2D eigenvalue weighted by atomic mass is 32.1. The average Bonchev–Trinajstić information content (AvgIpc) is 3.18. The Morgan fingerprint density at radius 3 is 2.80 bits per heavy atom. The first-order valence-corrected chi connectivity index (χ1v) is 10.6. The van der Waals surface area contributed by atoms with Gasteiger partial charge in [0, 0.05) is 24.9 Å². The zero-order valence-electron chi connectivity index (χ0n) is 17.0. The van der Waals surface area contributed by atoms with Crippen LogP contribution in [0.15, 0.2) is 22.3 Å². The molecule has 156 valence electrons. The minimum Gasteiger partial charge on any atom is -0.349 e. The summed E-state index contributed by atoms with van der Waals surface area (Å²) in [6.45, 7) is 6.44. The van der Waals surface area contributed by atoms with Gasteiger partial charge >= 0.3 is 0 Å². The van der Waals surface area contributed by atoms with E-state index in [0.29, 0.717) is 30.0 Å². The first-order chi connectivity index (χ1) is 14.3. The van der Waals surface area contributed by atoms with Gasteiger partial charge in [0.1, 0.15) is 5.82 Å². The molecule has 1 aromatic carbocycles. The molecule has 0 bridgehead atoms. The van der Waals surface area contributed by atoms with Gasteiger partial charge in [-0.2, -0.15) is 10.4 Å². The van der Waals surface area contributed by atoms with Gasteiger partial charge in [-0.25, -0.2) is 9.37 Å². The Balaban J connectivity index is 2.03. The third-order valence-corrected chi connectivity index (χ3v) is 5.53. The van der Waals surface area contributed by atoms with E-state index in [1.54, 1.807) is 6.07 Å². The third kappa shape index (κ3) is 4.39. The Labute approximate surface area is 177 Å². The van der Waals surface area contributed by atoms with Crippen molar-refractivity contribution in [2.24, 2.45) is 0 Å². The number of carbonyl (C=O) groups excluding carboxylic acids is 1. The van der Waals surface area contributed by atoms with Crippen LogP contribution in [-0.2, 0) is 13.0 Å². The van der Waals surface area contributed by atoms with E-state index in [2.05, 4.69) is 29.2 Å². The largest absolute Gasteiger partial charge is 0.349 e. The second-order valence-corrected chi connectivity index (χ2v) is 8.06. The predicted octanol–water partition coefficient (Wildman–Crippen LogP) is 3.37. The molecule has 0 radical (unpaired) electrons. The molecule has 7 nitrogen and oxygen atoms in total. The SMILES string of the molecule is CCn1nc(C(=O)NCCC#N)c(=O)c2cc(F)c(Cc3nc(C(C)C)cs3)cc21. The summed E-state index contributed by atoms with van der Waals surface area (Å²) in [4.78, 5) is 29.6. The molecule has 9 heteroatoms. The van der Waals surface area contributed by atoms with E-state index in [1.165, 1.54) is 22.1 Å². The van der Waals surface area contributed by atoms with E-state index in [-0.39, 0.29) is 24.0 Å². The molecule has 0 aliphatic carbocycles. The minimum absolute atomic E-state index is 0.0977. The fraction of sp³-hybridized carbons (Fsp3) is 0.381. The molecule has 0 atom stereocenters. The summed E-state index contributed by atoms with van der Waals surface area (Å²) in [6.07, 6.45) is 0.433. The van der Waals surface area contributed by atoms with Gasteiger partial charge in [-0.15, -0.1) is 11.3 Å². The van der Waals surface area contributed by atoms with Crippen molar-refractivity contribution in [3.05, 3.63) is 55.5 Å². The van der Waals surface area contributed by atoms with E-state index in [4.69, 9.17) is 5.26 Å². The number of nitrogens with zero attached hydrogens (tertiary/aromatic N) is 4. The number of halogens is 1. The summed E-state index contributed by atoms with van der Waals surface area (Å²) >= 11 is 1.48. The Kier molecular flexibility index (Phi) is 6.57. The zero-order valence-corrected chi connectivity index (χ0v) is 17.8. The Morgan fingerprint density at radius 1 is 1.40 bits per heavy atom. The van der Waals surface area contributed by atoms with Gasteiger partial charge in [0.15, 0.2) is 5.69 Å². The molecule has 0 aliphatic heterocycles. The number of nitrogens with one attached hydrogen (secondary N) is 1. The van der Waals surface area contributed by atoms with Crippen LogP contribution in [0.25, 0.3) is 10.9 Å². The number of carbonyl (C=O) groups is 1. The molecule has 0 spiro atoms. The maximum atomic E-state index is 14.8. The van der Waals surface area contributed by atoms with E-state index in [0.717, 1.165) is 10.7 Å². The van der Waals surface area contributed by atoms with Crippen LogP contribution < -0.4 is 10.7 Å². The number of hydrogen-bond acceptors (Lipinski definition) is 6. The molecular formula is C21H22FN5O2S. The van der Waals surface area contributed by atoms with E-state index in [9.17, 15) is 14.0 Å². The first kappa shape index (κ1) is 21.6. The van der Waals surface area contributed by atoms with Crippen LogP contribution in [0, 0.1) is 17.1 Å². The van der Waals surface area contributed by atoms with Crippen LogP contribution >= 0.6 is 11.3 Å². The standard InChI is InChI=1S/C21H22FN5O2S/c1-4-27-17-8-13(9-18-25-16(11-30-18)12(2)3)15(22)10-14(17)20(28)19(26-27)21(29)24-7-5-6-23/h8,10-12H,4-5,7,9H2,1-3H3,(H,24,29). The number of fused-ring (bicyclic) bond motifs is 1. The lowest BCUT2D eigenvalue weighted by molar-refractivity contribution is 0.0946. The van der Waals surface area contributed by atoms with E-state index in [1.807, 2.05) is 18.4 Å². The highest BCUT2D eigenvalue weighted by molar-refractivity contribution is 7.09. The minimum atomic E-state index is -0.673. The van der Waals surface area contributed by atoms with Crippen molar-refractivity contribution in [3.8, 4) is 6.07 Å². The Bertz CT molecular complexity index is 1190. The highest BCUT2D eigenvalue weighted by Gasteiger charge is 2.19. The summed E-state index contributed by atoms with van der Waals surface area (Å²) in [6, 6.07) is 4.69. The zero-order chi connectivity index (χ0) is 21.8. The van der Waals surface area contributed by atoms with Gasteiger partial charge in [0.2, 0.25) is 5.43 Å². The number of rotatable bonds is 7. The lowest BCUT2D eigenvalue weighted by atomic mass is 10.1. The number of aryl methyl sites for hydroxylation is 1. The van der Waals surface area contributed by atoms with Crippen molar-refractivity contribution in [1.29, 1.82) is 5.26 Å². The fourth-order valence-corrected chi connectivity index (χ4v) is 4.00. The third-order valence-electron chi connectivity index (χ3n) is 4.66. The average molecular weight is 428 g/mol. The molecule has 0 fully saturated rings. The maximum Gasteiger partial charge on any atom is 0.275 e. The molecule has 0 aliphatic rings. The fourth-order valence-electron chi connectivity index (χ4n) is 3.02. The summed E-state index contributed by atoms with van der Waals surface area (Å²) in [7, 11) is 0. The van der Waals surface area contributed by atoms with E-state index < -0.39 is 17.2 Å². The van der Waals surface area contributed by atoms with Crippen LogP contribution in [0.4, 0.5) is 4.39 Å². The van der Waals surface area contributed by atoms with Crippen molar-refractivity contribution in [2.45, 2.75) is 46.1 Å². The first-order valence-electron chi connectivity index (χ1n) is 9.68. The molecule has 3 aromatic rings. The maximum absolute atomic E-state index is 14.8. The van der Waals surface area contributed by atoms with Crippen molar-refractivity contribution in [1.82, 2.24) is 20.1 Å². The van der Waals surface area contributed by atoms with Crippen molar-refractivity contribution in [2.75, 3.05) is 6.54 Å². The quantitative estimate of drug-likeness (QED) is 0.583. The molecule has 2 aromatic heterocycles. The van der Waals surface area contributed by atoms with Crippen molar-refractivity contribution >= 4 is 28.1 Å². The van der Waals surface area contributed by atoms with Gasteiger partial charge in [0.05, 0.1) is 34.1 Å². The predicted molar refractivity (Wildman–Crippen MR) is 113 cm³/mol. The summed E-state index contributed by atoms with van der Waals surface area (Å²) < 4.78 is 16.4. The molecule has 0 unspecified atom stereocenters. The van der Waals surface area contributed by atoms with E-state index >= 15 is 0 Å². The van der Waals surface area contributed by atoms with Gasteiger partial charge in [-0.1, -0.05) is 13.8 Å². The second-order valence-electron chi connectivity index (χ2n) is 7.12. The van der Waals surface area contributed by atoms with Gasteiger partial charge < -0.3 is 5.32 Å². The Hall–Kier alpha value is -3.12. The monoisotopic (exact) mass is 427 g/mol. The van der Waals surface area contributed by atoms with Crippen molar-refractivity contribution in [3.63, 3.8) is 0 Å².